The average molecular weight is 349 g/mol. The van der Waals surface area contributed by atoms with Gasteiger partial charge in [-0.2, -0.15) is 13.1 Å². The Hall–Kier alpha value is -1.58. The lowest BCUT2D eigenvalue weighted by molar-refractivity contribution is -0.170. The van der Waals surface area contributed by atoms with Crippen molar-refractivity contribution in [1.82, 2.24) is 4.31 Å². The Morgan fingerprint density at radius 3 is 2.57 bits per heavy atom. The smallest absolute Gasteiger partial charge is 0.345 e. The second kappa shape index (κ2) is 7.33. The molecule has 0 spiro atoms. The molecule has 1 fully saturated rings. The van der Waals surface area contributed by atoms with Gasteiger partial charge in [0.2, 0.25) is 10.0 Å². The Labute approximate surface area is 132 Å². The molecular weight excluding hydrogens is 332 g/mol. The van der Waals surface area contributed by atoms with Crippen molar-refractivity contribution in [2.45, 2.75) is 36.9 Å². The summed E-state index contributed by atoms with van der Waals surface area (Å²) in [6.45, 7) is -2.82. The maximum atomic E-state index is 12.5. The van der Waals surface area contributed by atoms with Crippen LogP contribution in [-0.2, 0) is 26.0 Å². The van der Waals surface area contributed by atoms with Gasteiger partial charge in [-0.25, -0.2) is 8.42 Å². The van der Waals surface area contributed by atoms with E-state index in [0.717, 1.165) is 4.31 Å². The summed E-state index contributed by atoms with van der Waals surface area (Å²) in [5, 5.41) is 8.70. The zero-order valence-electron chi connectivity index (χ0n) is 12.2. The Bertz CT molecular complexity index is 648. The summed E-state index contributed by atoms with van der Waals surface area (Å²) in [4.78, 5) is 10.6. The summed E-state index contributed by atoms with van der Waals surface area (Å²) in [6, 6.07) is 5.51. The third-order valence-electron chi connectivity index (χ3n) is 3.55. The fourth-order valence-corrected chi connectivity index (χ4v) is 3.99. The van der Waals surface area contributed by atoms with Crippen LogP contribution >= 0.6 is 0 Å². The number of carboxylic acid groups (broad SMARTS) is 1. The van der Waals surface area contributed by atoms with Gasteiger partial charge in [0.15, 0.2) is 0 Å². The van der Waals surface area contributed by atoms with Gasteiger partial charge in [0.05, 0.1) is 17.4 Å². The van der Waals surface area contributed by atoms with Gasteiger partial charge in [0, 0.05) is 13.1 Å². The molecule has 1 aliphatic rings. The standard InChI is InChI=1S/C14H17F2NO5S/c15-14(16)22-11-2-1-7-17(9-11)23(20,21)12-5-3-10(4-6-12)8-13(18)19/h3-6,11,14H,1-2,7-9H2,(H,18,19). The Kier molecular flexibility index (Phi) is 5.66. The minimum atomic E-state index is -3.81. The zero-order chi connectivity index (χ0) is 17.0. The highest BCUT2D eigenvalue weighted by Gasteiger charge is 2.31. The van der Waals surface area contributed by atoms with E-state index in [-0.39, 0.29) is 24.4 Å². The molecule has 0 aliphatic carbocycles. The average Bonchev–Trinajstić information content (AvgIpc) is 2.47. The summed E-state index contributed by atoms with van der Waals surface area (Å²) in [5.41, 5.74) is 0.481. The largest absolute Gasteiger partial charge is 0.481 e. The number of alkyl halides is 2. The number of rotatable bonds is 6. The van der Waals surface area contributed by atoms with E-state index < -0.39 is 28.7 Å². The maximum absolute atomic E-state index is 12.5. The molecule has 2 rings (SSSR count). The van der Waals surface area contributed by atoms with Gasteiger partial charge in [-0.3, -0.25) is 4.79 Å². The van der Waals surface area contributed by atoms with Gasteiger partial charge in [0.25, 0.3) is 0 Å². The van der Waals surface area contributed by atoms with Crippen LogP contribution in [0.3, 0.4) is 0 Å². The number of sulfonamides is 1. The Balaban J connectivity index is 2.12. The highest BCUT2D eigenvalue weighted by atomic mass is 32.2. The van der Waals surface area contributed by atoms with E-state index in [0.29, 0.717) is 18.4 Å². The van der Waals surface area contributed by atoms with Crippen LogP contribution in [0.1, 0.15) is 18.4 Å². The van der Waals surface area contributed by atoms with Crippen molar-refractivity contribution in [1.29, 1.82) is 0 Å². The number of halogens is 2. The third kappa shape index (κ3) is 4.69. The first-order valence-corrected chi connectivity index (χ1v) is 8.47. The van der Waals surface area contributed by atoms with Crippen LogP contribution in [-0.4, -0.2) is 49.6 Å². The van der Waals surface area contributed by atoms with Crippen molar-refractivity contribution >= 4 is 16.0 Å². The van der Waals surface area contributed by atoms with E-state index in [4.69, 9.17) is 5.11 Å². The maximum Gasteiger partial charge on any atom is 0.345 e. The first kappa shape index (κ1) is 17.8. The van der Waals surface area contributed by atoms with Crippen LogP contribution < -0.4 is 0 Å². The number of ether oxygens (including phenoxy) is 1. The number of aliphatic carboxylic acids is 1. The SMILES string of the molecule is O=C(O)Cc1ccc(S(=O)(=O)N2CCCC(OC(F)F)C2)cc1. The molecule has 1 saturated heterocycles. The highest BCUT2D eigenvalue weighted by Crippen LogP contribution is 2.23. The number of carbonyl (C=O) groups is 1. The molecule has 0 aromatic heterocycles. The summed E-state index contributed by atoms with van der Waals surface area (Å²) >= 11 is 0. The lowest BCUT2D eigenvalue weighted by Gasteiger charge is -2.31. The van der Waals surface area contributed by atoms with Crippen molar-refractivity contribution in [3.8, 4) is 0 Å². The molecule has 0 saturated carbocycles. The molecule has 128 valence electrons. The van der Waals surface area contributed by atoms with E-state index in [1.165, 1.54) is 24.3 Å². The van der Waals surface area contributed by atoms with Crippen molar-refractivity contribution in [2.24, 2.45) is 0 Å². The molecule has 1 atom stereocenters. The van der Waals surface area contributed by atoms with Crippen LogP contribution in [0.25, 0.3) is 0 Å². The van der Waals surface area contributed by atoms with Crippen LogP contribution in [0.2, 0.25) is 0 Å². The molecule has 0 amide bonds. The third-order valence-corrected chi connectivity index (χ3v) is 5.43. The first-order chi connectivity index (χ1) is 10.8. The minimum absolute atomic E-state index is 0.00401. The van der Waals surface area contributed by atoms with Gasteiger partial charge in [0.1, 0.15) is 0 Å². The number of carboxylic acids is 1. The predicted octanol–water partition coefficient (Wildman–Crippen LogP) is 1.71. The molecule has 0 radical (unpaired) electrons. The van der Waals surface area contributed by atoms with Crippen LogP contribution in [0.15, 0.2) is 29.2 Å². The van der Waals surface area contributed by atoms with Crippen LogP contribution in [0.5, 0.6) is 0 Å². The molecule has 1 N–H and O–H groups in total. The topological polar surface area (TPSA) is 83.9 Å². The van der Waals surface area contributed by atoms with Gasteiger partial charge in [-0.15, -0.1) is 0 Å². The number of hydrogen-bond donors (Lipinski definition) is 1. The normalized spacial score (nSPS) is 19.9. The van der Waals surface area contributed by atoms with Gasteiger partial charge < -0.3 is 9.84 Å². The van der Waals surface area contributed by atoms with Gasteiger partial charge in [-0.05, 0) is 30.5 Å². The molecule has 9 heteroatoms. The van der Waals surface area contributed by atoms with Crippen molar-refractivity contribution in [3.63, 3.8) is 0 Å². The molecule has 1 aliphatic heterocycles. The minimum Gasteiger partial charge on any atom is -0.481 e. The first-order valence-electron chi connectivity index (χ1n) is 7.03. The number of piperidine rings is 1. The van der Waals surface area contributed by atoms with Crippen molar-refractivity contribution in [2.75, 3.05) is 13.1 Å². The molecule has 0 bridgehead atoms. The van der Waals surface area contributed by atoms with Crippen molar-refractivity contribution < 1.29 is 31.8 Å². The summed E-state index contributed by atoms with van der Waals surface area (Å²) in [6.07, 6.45) is -0.208. The summed E-state index contributed by atoms with van der Waals surface area (Å²) in [5.74, 6) is -1.01. The number of hydrogen-bond acceptors (Lipinski definition) is 4. The summed E-state index contributed by atoms with van der Waals surface area (Å²) < 4.78 is 55.1. The van der Waals surface area contributed by atoms with E-state index in [9.17, 15) is 22.0 Å². The Morgan fingerprint density at radius 2 is 2.00 bits per heavy atom. The van der Waals surface area contributed by atoms with E-state index >= 15 is 0 Å². The second-order valence-corrected chi connectivity index (χ2v) is 7.18. The Morgan fingerprint density at radius 1 is 1.35 bits per heavy atom. The molecule has 6 nitrogen and oxygen atoms in total. The van der Waals surface area contributed by atoms with E-state index in [1.54, 1.807) is 0 Å². The lowest BCUT2D eigenvalue weighted by atomic mass is 10.1. The zero-order valence-corrected chi connectivity index (χ0v) is 13.0. The van der Waals surface area contributed by atoms with Crippen molar-refractivity contribution in [3.05, 3.63) is 29.8 Å². The van der Waals surface area contributed by atoms with Gasteiger partial charge >= 0.3 is 12.6 Å². The molecular formula is C14H17F2NO5S. The highest BCUT2D eigenvalue weighted by molar-refractivity contribution is 7.89. The number of nitrogens with zero attached hydrogens (tertiary/aromatic N) is 1. The molecule has 23 heavy (non-hydrogen) atoms. The van der Waals surface area contributed by atoms with Crippen LogP contribution in [0.4, 0.5) is 8.78 Å². The molecule has 1 aromatic rings. The quantitative estimate of drug-likeness (QED) is 0.845. The fourth-order valence-electron chi connectivity index (χ4n) is 2.48. The second-order valence-electron chi connectivity index (χ2n) is 5.24. The van der Waals surface area contributed by atoms with Gasteiger partial charge in [-0.1, -0.05) is 12.1 Å². The number of benzene rings is 1. The van der Waals surface area contributed by atoms with Crippen LogP contribution in [0, 0.1) is 0 Å². The monoisotopic (exact) mass is 349 g/mol. The molecule has 1 heterocycles. The fraction of sp³-hybridized carbons (Fsp3) is 0.500. The van der Waals surface area contributed by atoms with E-state index in [2.05, 4.69) is 4.74 Å². The molecule has 1 unspecified atom stereocenters. The lowest BCUT2D eigenvalue weighted by Crippen LogP contribution is -2.43. The predicted molar refractivity (Wildman–Crippen MR) is 76.7 cm³/mol. The summed E-state index contributed by atoms with van der Waals surface area (Å²) in [7, 11) is -3.81. The van der Waals surface area contributed by atoms with E-state index in [1.807, 2.05) is 0 Å². The molecule has 1 aromatic carbocycles.